The molecule has 0 radical (unpaired) electrons. The maximum Gasteiger partial charge on any atom is 0.165 e. The number of benzene rings is 3. The van der Waals surface area contributed by atoms with Crippen LogP contribution in [0, 0.1) is 0 Å². The summed E-state index contributed by atoms with van der Waals surface area (Å²) in [5, 5.41) is 15.0. The zero-order valence-corrected chi connectivity index (χ0v) is 19.1. The Morgan fingerprint density at radius 3 is 2.06 bits per heavy atom. The van der Waals surface area contributed by atoms with Gasteiger partial charge in [-0.05, 0) is 48.4 Å². The molecule has 0 aromatic heterocycles. The van der Waals surface area contributed by atoms with Crippen LogP contribution in [-0.4, -0.2) is 17.2 Å². The van der Waals surface area contributed by atoms with Crippen LogP contribution in [0.2, 0.25) is 0 Å². The fourth-order valence-electron chi connectivity index (χ4n) is 5.14. The van der Waals surface area contributed by atoms with Gasteiger partial charge in [-0.3, -0.25) is 0 Å². The molecule has 0 aliphatic heterocycles. The lowest BCUT2D eigenvalue weighted by molar-refractivity contribution is 0.107. The zero-order valence-electron chi connectivity index (χ0n) is 19.1. The molecule has 0 bridgehead atoms. The van der Waals surface area contributed by atoms with E-state index in [9.17, 15) is 5.11 Å². The van der Waals surface area contributed by atoms with Gasteiger partial charge in [0.1, 0.15) is 13.2 Å². The maximum absolute atomic E-state index is 11.2. The number of ether oxygens (including phenoxy) is 2. The molecule has 0 saturated heterocycles. The van der Waals surface area contributed by atoms with E-state index in [0.717, 1.165) is 46.6 Å². The molecule has 2 aliphatic rings. The molecule has 33 heavy (non-hydrogen) atoms. The third-order valence-electron chi connectivity index (χ3n) is 6.93. The summed E-state index contributed by atoms with van der Waals surface area (Å²) in [6.07, 6.45) is 6.24. The summed E-state index contributed by atoms with van der Waals surface area (Å²) in [5.41, 5.74) is 4.27. The van der Waals surface area contributed by atoms with Crippen molar-refractivity contribution in [1.82, 2.24) is 5.32 Å². The molecular weight excluding hydrogens is 410 g/mol. The fourth-order valence-corrected chi connectivity index (χ4v) is 5.14. The molecule has 3 aromatic rings. The highest BCUT2D eigenvalue weighted by Crippen LogP contribution is 2.42. The van der Waals surface area contributed by atoms with Gasteiger partial charge in [-0.1, -0.05) is 79.6 Å². The highest BCUT2D eigenvalue weighted by Gasteiger charge is 2.33. The average molecular weight is 444 g/mol. The Hall–Kier alpha value is -2.82. The summed E-state index contributed by atoms with van der Waals surface area (Å²) >= 11 is 0. The van der Waals surface area contributed by atoms with Gasteiger partial charge in [0.15, 0.2) is 11.5 Å². The van der Waals surface area contributed by atoms with Crippen LogP contribution >= 0.6 is 0 Å². The Bertz CT molecular complexity index is 1030. The molecule has 1 fully saturated rings. The summed E-state index contributed by atoms with van der Waals surface area (Å²) in [5.74, 6) is 1.51. The van der Waals surface area contributed by atoms with Crippen LogP contribution in [0.25, 0.3) is 0 Å². The van der Waals surface area contributed by atoms with Crippen molar-refractivity contribution in [3.63, 3.8) is 0 Å². The van der Waals surface area contributed by atoms with Gasteiger partial charge in [-0.25, -0.2) is 0 Å². The highest BCUT2D eigenvalue weighted by molar-refractivity contribution is 5.53. The number of aliphatic hydroxyl groups excluding tert-OH is 1. The normalized spacial score (nSPS) is 20.4. The SMILES string of the molecule is O[C@@H]1c2ccc(OCc3ccccc3)c(OCc3ccccc3)c2CC[C@@H]1NC1CCCC1. The van der Waals surface area contributed by atoms with Crippen molar-refractivity contribution in [2.75, 3.05) is 0 Å². The summed E-state index contributed by atoms with van der Waals surface area (Å²) in [7, 11) is 0. The van der Waals surface area contributed by atoms with Crippen LogP contribution < -0.4 is 14.8 Å². The summed E-state index contributed by atoms with van der Waals surface area (Å²) in [4.78, 5) is 0. The van der Waals surface area contributed by atoms with Crippen LogP contribution in [0.5, 0.6) is 11.5 Å². The lowest BCUT2D eigenvalue weighted by Crippen LogP contribution is -2.43. The second-order valence-electron chi connectivity index (χ2n) is 9.25. The van der Waals surface area contributed by atoms with Crippen molar-refractivity contribution in [2.45, 2.75) is 69.9 Å². The number of nitrogens with one attached hydrogen (secondary N) is 1. The van der Waals surface area contributed by atoms with Crippen molar-refractivity contribution >= 4 is 0 Å². The van der Waals surface area contributed by atoms with E-state index in [-0.39, 0.29) is 6.04 Å². The minimum Gasteiger partial charge on any atom is -0.485 e. The van der Waals surface area contributed by atoms with Crippen LogP contribution in [0.4, 0.5) is 0 Å². The maximum atomic E-state index is 11.2. The molecule has 2 atom stereocenters. The summed E-state index contributed by atoms with van der Waals surface area (Å²) in [6.45, 7) is 0.953. The van der Waals surface area contributed by atoms with Gasteiger partial charge in [-0.15, -0.1) is 0 Å². The summed E-state index contributed by atoms with van der Waals surface area (Å²) in [6, 6.07) is 25.0. The van der Waals surface area contributed by atoms with Crippen LogP contribution in [-0.2, 0) is 19.6 Å². The van der Waals surface area contributed by atoms with Crippen LogP contribution in [0.3, 0.4) is 0 Å². The van der Waals surface area contributed by atoms with Crippen molar-refractivity contribution in [1.29, 1.82) is 0 Å². The first-order valence-corrected chi connectivity index (χ1v) is 12.2. The number of hydrogen-bond donors (Lipinski definition) is 2. The minimum absolute atomic E-state index is 0.0960. The van der Waals surface area contributed by atoms with E-state index in [1.165, 1.54) is 25.7 Å². The largest absolute Gasteiger partial charge is 0.485 e. The van der Waals surface area contributed by atoms with Gasteiger partial charge in [-0.2, -0.15) is 0 Å². The quantitative estimate of drug-likeness (QED) is 0.467. The first-order valence-electron chi connectivity index (χ1n) is 12.2. The van der Waals surface area contributed by atoms with E-state index >= 15 is 0 Å². The van der Waals surface area contributed by atoms with E-state index < -0.39 is 6.10 Å². The van der Waals surface area contributed by atoms with E-state index in [4.69, 9.17) is 9.47 Å². The molecule has 4 heteroatoms. The topological polar surface area (TPSA) is 50.7 Å². The third-order valence-corrected chi connectivity index (χ3v) is 6.93. The van der Waals surface area contributed by atoms with Gasteiger partial charge < -0.3 is 19.9 Å². The van der Waals surface area contributed by atoms with E-state index in [2.05, 4.69) is 29.6 Å². The zero-order chi connectivity index (χ0) is 22.5. The average Bonchev–Trinajstić information content (AvgIpc) is 3.38. The lowest BCUT2D eigenvalue weighted by atomic mass is 9.84. The van der Waals surface area contributed by atoms with Gasteiger partial charge in [0, 0.05) is 17.6 Å². The minimum atomic E-state index is -0.531. The summed E-state index contributed by atoms with van der Waals surface area (Å²) < 4.78 is 12.6. The number of fused-ring (bicyclic) bond motifs is 1. The molecule has 5 rings (SSSR count). The Kier molecular flexibility index (Phi) is 6.94. The number of rotatable bonds is 8. The van der Waals surface area contributed by atoms with Gasteiger partial charge in [0.05, 0.1) is 6.10 Å². The van der Waals surface area contributed by atoms with Crippen molar-refractivity contribution in [2.24, 2.45) is 0 Å². The van der Waals surface area contributed by atoms with Gasteiger partial charge >= 0.3 is 0 Å². The standard InChI is InChI=1S/C29H33NO3/c31-28-24-16-18-27(32-19-21-9-3-1-4-10-21)29(33-20-22-11-5-2-6-12-22)25(24)15-17-26(28)30-23-13-7-8-14-23/h1-6,9-12,16,18,23,26,28,30-31H,7-8,13-15,17,19-20H2/t26-,28+/m0/s1. The smallest absolute Gasteiger partial charge is 0.165 e. The second-order valence-corrected chi connectivity index (χ2v) is 9.25. The van der Waals surface area contributed by atoms with Gasteiger partial charge in [0.2, 0.25) is 0 Å². The molecule has 172 valence electrons. The molecule has 4 nitrogen and oxygen atoms in total. The molecule has 0 amide bonds. The van der Waals surface area contributed by atoms with Crippen molar-refractivity contribution in [3.8, 4) is 11.5 Å². The highest BCUT2D eigenvalue weighted by atomic mass is 16.5. The van der Waals surface area contributed by atoms with Gasteiger partial charge in [0.25, 0.3) is 0 Å². The molecule has 1 saturated carbocycles. The van der Waals surface area contributed by atoms with E-state index in [1.54, 1.807) is 0 Å². The number of hydrogen-bond acceptors (Lipinski definition) is 4. The molecule has 3 aromatic carbocycles. The second kappa shape index (κ2) is 10.4. The fraction of sp³-hybridized carbons (Fsp3) is 0.379. The predicted molar refractivity (Wildman–Crippen MR) is 130 cm³/mol. The van der Waals surface area contributed by atoms with Crippen LogP contribution in [0.15, 0.2) is 72.8 Å². The third kappa shape index (κ3) is 5.23. The Labute approximate surface area is 196 Å². The first-order chi connectivity index (χ1) is 16.3. The molecule has 0 heterocycles. The van der Waals surface area contributed by atoms with Crippen LogP contribution in [0.1, 0.15) is 60.5 Å². The molecular formula is C29H33NO3. The van der Waals surface area contributed by atoms with E-state index in [0.29, 0.717) is 19.3 Å². The molecule has 0 unspecified atom stereocenters. The van der Waals surface area contributed by atoms with E-state index in [1.807, 2.05) is 48.5 Å². The van der Waals surface area contributed by atoms with Crippen molar-refractivity contribution in [3.05, 3.63) is 95.1 Å². The first kappa shape index (κ1) is 22.0. The Morgan fingerprint density at radius 1 is 0.758 bits per heavy atom. The Balaban J connectivity index is 1.39. The number of aliphatic hydroxyl groups is 1. The molecule has 2 aliphatic carbocycles. The molecule has 2 N–H and O–H groups in total. The Morgan fingerprint density at radius 2 is 1.39 bits per heavy atom. The predicted octanol–water partition coefficient (Wildman–Crippen LogP) is 5.73. The molecule has 0 spiro atoms. The monoisotopic (exact) mass is 443 g/mol. The lowest BCUT2D eigenvalue weighted by Gasteiger charge is -2.34. The van der Waals surface area contributed by atoms with Crippen molar-refractivity contribution < 1.29 is 14.6 Å².